The zero-order chi connectivity index (χ0) is 25.7. The van der Waals surface area contributed by atoms with E-state index in [1.807, 2.05) is 24.3 Å². The molecular weight excluding hydrogens is 448 g/mol. The molecule has 37 heavy (non-hydrogen) atoms. The van der Waals surface area contributed by atoms with E-state index in [-0.39, 0.29) is 0 Å². The highest BCUT2D eigenvalue weighted by atomic mass is 14.5. The highest BCUT2D eigenvalue weighted by Crippen LogP contribution is 2.16. The van der Waals surface area contributed by atoms with Crippen LogP contribution in [0.1, 0.15) is 65.5 Å². The van der Waals surface area contributed by atoms with E-state index in [1.54, 1.807) is 0 Å². The smallest absolute Gasteiger partial charge is 0.0314 e. The van der Waals surface area contributed by atoms with Crippen molar-refractivity contribution < 1.29 is 0 Å². The predicted molar refractivity (Wildman–Crippen MR) is 160 cm³/mol. The van der Waals surface area contributed by atoms with Crippen LogP contribution in [0.4, 0.5) is 11.4 Å². The second-order valence-corrected chi connectivity index (χ2v) is 10.4. The molecule has 0 aliphatic rings. The third-order valence-corrected chi connectivity index (χ3v) is 7.34. The first-order chi connectivity index (χ1) is 18.1. The summed E-state index contributed by atoms with van der Waals surface area (Å²) in [5.41, 5.74) is 21.7. The number of hydrogen-bond acceptors (Lipinski definition) is 2. The first-order valence-corrected chi connectivity index (χ1v) is 14.0. The molecule has 192 valence electrons. The van der Waals surface area contributed by atoms with Gasteiger partial charge in [-0.2, -0.15) is 0 Å². The average Bonchev–Trinajstić information content (AvgIpc) is 2.93. The van der Waals surface area contributed by atoms with E-state index in [9.17, 15) is 0 Å². The SMILES string of the molecule is Nc1ccc(CCc2ccc(CCCCCCCc3ccc(CCc4ccc(N)cc4)cc3)cc2)cc1. The molecule has 0 unspecified atom stereocenters. The molecule has 0 bridgehead atoms. The van der Waals surface area contributed by atoms with Crippen LogP contribution >= 0.6 is 0 Å². The maximum atomic E-state index is 5.78. The van der Waals surface area contributed by atoms with Crippen molar-refractivity contribution in [3.8, 4) is 0 Å². The van der Waals surface area contributed by atoms with Crippen molar-refractivity contribution in [3.63, 3.8) is 0 Å². The summed E-state index contributed by atoms with van der Waals surface area (Å²) in [6.07, 6.45) is 13.2. The Morgan fingerprint density at radius 2 is 0.486 bits per heavy atom. The summed E-state index contributed by atoms with van der Waals surface area (Å²) < 4.78 is 0. The summed E-state index contributed by atoms with van der Waals surface area (Å²) in [5.74, 6) is 0. The van der Waals surface area contributed by atoms with Gasteiger partial charge in [0.15, 0.2) is 0 Å². The van der Waals surface area contributed by atoms with Crippen LogP contribution in [-0.4, -0.2) is 0 Å². The molecule has 0 radical (unpaired) electrons. The number of anilines is 2. The van der Waals surface area contributed by atoms with Crippen LogP contribution in [0, 0.1) is 0 Å². The molecule has 4 aromatic carbocycles. The van der Waals surface area contributed by atoms with E-state index in [0.29, 0.717) is 0 Å². The van der Waals surface area contributed by atoms with Crippen LogP contribution in [-0.2, 0) is 38.5 Å². The lowest BCUT2D eigenvalue weighted by Gasteiger charge is -2.07. The van der Waals surface area contributed by atoms with Gasteiger partial charge in [-0.25, -0.2) is 0 Å². The Kier molecular flexibility index (Phi) is 10.2. The van der Waals surface area contributed by atoms with Crippen LogP contribution in [0.25, 0.3) is 0 Å². The van der Waals surface area contributed by atoms with Crippen molar-refractivity contribution in [3.05, 3.63) is 130 Å². The molecule has 2 heteroatoms. The van der Waals surface area contributed by atoms with E-state index in [1.165, 1.54) is 78.3 Å². The number of nitrogen functional groups attached to an aromatic ring is 2. The Morgan fingerprint density at radius 1 is 0.270 bits per heavy atom. The van der Waals surface area contributed by atoms with Crippen LogP contribution in [0.5, 0.6) is 0 Å². The maximum absolute atomic E-state index is 5.78. The van der Waals surface area contributed by atoms with Gasteiger partial charge < -0.3 is 11.5 Å². The second kappa shape index (κ2) is 14.3. The third kappa shape index (κ3) is 9.46. The summed E-state index contributed by atoms with van der Waals surface area (Å²) in [4.78, 5) is 0. The molecule has 0 spiro atoms. The fraction of sp³-hybridized carbons (Fsp3) is 0.314. The minimum absolute atomic E-state index is 0.834. The van der Waals surface area contributed by atoms with Gasteiger partial charge in [-0.15, -0.1) is 0 Å². The minimum atomic E-state index is 0.834. The van der Waals surface area contributed by atoms with Crippen molar-refractivity contribution in [2.24, 2.45) is 0 Å². The van der Waals surface area contributed by atoms with E-state index < -0.39 is 0 Å². The molecule has 0 atom stereocenters. The van der Waals surface area contributed by atoms with Crippen LogP contribution in [0.2, 0.25) is 0 Å². The van der Waals surface area contributed by atoms with Gasteiger partial charge in [-0.05, 0) is 109 Å². The second-order valence-electron chi connectivity index (χ2n) is 10.4. The first kappa shape index (κ1) is 26.5. The van der Waals surface area contributed by atoms with E-state index >= 15 is 0 Å². The van der Waals surface area contributed by atoms with Gasteiger partial charge in [0, 0.05) is 11.4 Å². The van der Waals surface area contributed by atoms with Crippen LogP contribution < -0.4 is 11.5 Å². The molecule has 4 aromatic rings. The molecule has 0 saturated heterocycles. The number of benzene rings is 4. The normalized spacial score (nSPS) is 11.0. The standard InChI is InChI=1S/C35H42N2/c36-34-24-20-32(21-25-34)18-16-30-12-8-28(9-13-30)6-4-2-1-3-5-7-29-10-14-31(15-11-29)17-19-33-22-26-35(37)27-23-33/h8-15,20-27H,1-7,16-19,36-37H2. The molecule has 0 saturated carbocycles. The first-order valence-electron chi connectivity index (χ1n) is 14.0. The Morgan fingerprint density at radius 3 is 0.784 bits per heavy atom. The van der Waals surface area contributed by atoms with Gasteiger partial charge in [-0.3, -0.25) is 0 Å². The van der Waals surface area contributed by atoms with Crippen molar-refractivity contribution in [1.82, 2.24) is 0 Å². The average molecular weight is 491 g/mol. The molecule has 4 N–H and O–H groups in total. The molecule has 0 heterocycles. The fourth-order valence-electron chi connectivity index (χ4n) is 4.88. The molecule has 0 fully saturated rings. The van der Waals surface area contributed by atoms with Gasteiger partial charge >= 0.3 is 0 Å². The number of nitrogens with two attached hydrogens (primary N) is 2. The largest absolute Gasteiger partial charge is 0.399 e. The fourth-order valence-corrected chi connectivity index (χ4v) is 4.88. The Labute approximate surface area is 223 Å². The highest BCUT2D eigenvalue weighted by molar-refractivity contribution is 5.40. The monoisotopic (exact) mass is 490 g/mol. The summed E-state index contributed by atoms with van der Waals surface area (Å²) in [6.45, 7) is 0. The van der Waals surface area contributed by atoms with Crippen molar-refractivity contribution in [2.75, 3.05) is 11.5 Å². The molecular formula is C35H42N2. The zero-order valence-electron chi connectivity index (χ0n) is 22.2. The minimum Gasteiger partial charge on any atom is -0.399 e. The van der Waals surface area contributed by atoms with Crippen molar-refractivity contribution >= 4 is 11.4 Å². The number of aryl methyl sites for hydroxylation is 6. The van der Waals surface area contributed by atoms with Crippen LogP contribution in [0.15, 0.2) is 97.1 Å². The Hall–Kier alpha value is -3.52. The third-order valence-electron chi connectivity index (χ3n) is 7.34. The molecule has 0 aliphatic heterocycles. The van der Waals surface area contributed by atoms with Gasteiger partial charge in [-0.1, -0.05) is 92.1 Å². The van der Waals surface area contributed by atoms with Crippen molar-refractivity contribution in [2.45, 2.75) is 70.6 Å². The molecule has 0 aromatic heterocycles. The predicted octanol–water partition coefficient (Wildman–Crippen LogP) is 8.16. The summed E-state index contributed by atoms with van der Waals surface area (Å²) >= 11 is 0. The quantitative estimate of drug-likeness (QED) is 0.138. The van der Waals surface area contributed by atoms with E-state index in [4.69, 9.17) is 11.5 Å². The number of unbranched alkanes of at least 4 members (excludes halogenated alkanes) is 4. The lowest BCUT2D eigenvalue weighted by atomic mass is 9.99. The van der Waals surface area contributed by atoms with Gasteiger partial charge in [0.1, 0.15) is 0 Å². The summed E-state index contributed by atoms with van der Waals surface area (Å²) in [5, 5.41) is 0. The highest BCUT2D eigenvalue weighted by Gasteiger charge is 2.01. The van der Waals surface area contributed by atoms with Gasteiger partial charge in [0.05, 0.1) is 0 Å². The molecule has 4 rings (SSSR count). The van der Waals surface area contributed by atoms with Crippen LogP contribution in [0.3, 0.4) is 0 Å². The number of hydrogen-bond donors (Lipinski definition) is 2. The molecule has 0 aliphatic carbocycles. The summed E-state index contributed by atoms with van der Waals surface area (Å²) in [6, 6.07) is 34.9. The van der Waals surface area contributed by atoms with Gasteiger partial charge in [0.2, 0.25) is 0 Å². The zero-order valence-corrected chi connectivity index (χ0v) is 22.2. The maximum Gasteiger partial charge on any atom is 0.0314 e. The molecule has 2 nitrogen and oxygen atoms in total. The lowest BCUT2D eigenvalue weighted by Crippen LogP contribution is -1.94. The van der Waals surface area contributed by atoms with Crippen molar-refractivity contribution in [1.29, 1.82) is 0 Å². The Bertz CT molecular complexity index is 1080. The van der Waals surface area contributed by atoms with E-state index in [2.05, 4.69) is 72.8 Å². The van der Waals surface area contributed by atoms with Gasteiger partial charge in [0.25, 0.3) is 0 Å². The van der Waals surface area contributed by atoms with E-state index in [0.717, 1.165) is 37.1 Å². The number of rotatable bonds is 14. The summed E-state index contributed by atoms with van der Waals surface area (Å²) in [7, 11) is 0. The topological polar surface area (TPSA) is 52.0 Å². The molecule has 0 amide bonds. The Balaban J connectivity index is 1.05. The lowest BCUT2D eigenvalue weighted by molar-refractivity contribution is 0.613.